The highest BCUT2D eigenvalue weighted by Gasteiger charge is 2.29. The molecule has 31 heavy (non-hydrogen) atoms. The van der Waals surface area contributed by atoms with Crippen molar-refractivity contribution >= 4 is 37.3 Å². The molecule has 10 heteroatoms. The monoisotopic (exact) mass is 460 g/mol. The standard InChI is InChI=1S/C21H24N4O4S2/c1-2-25(11-18(26)22-15-8-9-31(28,29)13-15)10-17-23-20(27)19-16(12-30-21(19)24-17)14-6-4-3-5-7-14/h3-7,12,15H,2,8-11,13H2,1H3,(H,22,26)(H,23,24,27)/t15-/m0/s1. The van der Waals surface area contributed by atoms with Gasteiger partial charge in [-0.2, -0.15) is 0 Å². The Labute approximate surface area is 184 Å². The van der Waals surface area contributed by atoms with Gasteiger partial charge >= 0.3 is 0 Å². The van der Waals surface area contributed by atoms with E-state index in [-0.39, 0.29) is 35.6 Å². The van der Waals surface area contributed by atoms with Crippen molar-refractivity contribution in [2.45, 2.75) is 25.9 Å². The van der Waals surface area contributed by atoms with Crippen molar-refractivity contribution in [3.8, 4) is 11.1 Å². The molecular formula is C21H24N4O4S2. The number of carbonyl (C=O) groups excluding carboxylic acids is 1. The minimum atomic E-state index is -3.04. The number of likely N-dealkylation sites (N-methyl/N-ethyl adjacent to an activating group) is 1. The van der Waals surface area contributed by atoms with Crippen molar-refractivity contribution < 1.29 is 13.2 Å². The molecule has 1 fully saturated rings. The van der Waals surface area contributed by atoms with Crippen molar-refractivity contribution in [2.24, 2.45) is 0 Å². The number of hydrogen-bond acceptors (Lipinski definition) is 7. The molecule has 1 aliphatic heterocycles. The number of fused-ring (bicyclic) bond motifs is 1. The lowest BCUT2D eigenvalue weighted by Crippen LogP contribution is -2.42. The molecule has 0 unspecified atom stereocenters. The third-order valence-electron chi connectivity index (χ3n) is 5.36. The van der Waals surface area contributed by atoms with E-state index in [9.17, 15) is 18.0 Å². The number of rotatable bonds is 7. The first-order chi connectivity index (χ1) is 14.8. The molecule has 3 heterocycles. The Kier molecular flexibility index (Phi) is 6.22. The Balaban J connectivity index is 1.47. The largest absolute Gasteiger partial charge is 0.351 e. The number of carbonyl (C=O) groups is 1. The number of H-pyrrole nitrogens is 1. The molecule has 2 aromatic heterocycles. The summed E-state index contributed by atoms with van der Waals surface area (Å²) in [5.74, 6) is 0.386. The number of thiophene rings is 1. The maximum Gasteiger partial charge on any atom is 0.260 e. The van der Waals surface area contributed by atoms with E-state index in [2.05, 4.69) is 15.3 Å². The minimum absolute atomic E-state index is 0.00146. The fourth-order valence-corrected chi connectivity index (χ4v) is 6.42. The molecule has 1 amide bonds. The van der Waals surface area contributed by atoms with Gasteiger partial charge in [-0.25, -0.2) is 13.4 Å². The third-order valence-corrected chi connectivity index (χ3v) is 8.00. The van der Waals surface area contributed by atoms with Crippen LogP contribution in [0.25, 0.3) is 21.3 Å². The Morgan fingerprint density at radius 3 is 2.77 bits per heavy atom. The molecule has 8 nitrogen and oxygen atoms in total. The molecule has 164 valence electrons. The maximum absolute atomic E-state index is 12.8. The number of aromatic amines is 1. The van der Waals surface area contributed by atoms with Gasteiger partial charge in [0.25, 0.3) is 5.56 Å². The van der Waals surface area contributed by atoms with Gasteiger partial charge < -0.3 is 10.3 Å². The number of amides is 1. The summed E-state index contributed by atoms with van der Waals surface area (Å²) in [7, 11) is -3.04. The first-order valence-electron chi connectivity index (χ1n) is 10.1. The van der Waals surface area contributed by atoms with Gasteiger partial charge in [0.15, 0.2) is 9.84 Å². The SMILES string of the molecule is CCN(CC(=O)N[C@H]1CCS(=O)(=O)C1)Cc1nc2scc(-c3ccccc3)c2c(=O)[nH]1. The predicted octanol–water partition coefficient (Wildman–Crippen LogP) is 1.78. The number of nitrogens with one attached hydrogen (secondary N) is 2. The topological polar surface area (TPSA) is 112 Å². The summed E-state index contributed by atoms with van der Waals surface area (Å²) in [6.07, 6.45) is 0.452. The van der Waals surface area contributed by atoms with Crippen molar-refractivity contribution in [3.05, 3.63) is 51.9 Å². The van der Waals surface area contributed by atoms with Gasteiger partial charge in [0, 0.05) is 17.0 Å². The summed E-state index contributed by atoms with van der Waals surface area (Å²) in [6, 6.07) is 9.39. The Morgan fingerprint density at radius 1 is 1.32 bits per heavy atom. The van der Waals surface area contributed by atoms with Gasteiger partial charge in [0.2, 0.25) is 5.91 Å². The number of aromatic nitrogens is 2. The quantitative estimate of drug-likeness (QED) is 0.556. The van der Waals surface area contributed by atoms with Crippen LogP contribution in [0.4, 0.5) is 0 Å². The van der Waals surface area contributed by atoms with Crippen LogP contribution in [0, 0.1) is 0 Å². The zero-order valence-corrected chi connectivity index (χ0v) is 18.8. The first kappa shape index (κ1) is 21.7. The van der Waals surface area contributed by atoms with Gasteiger partial charge in [-0.1, -0.05) is 37.3 Å². The summed E-state index contributed by atoms with van der Waals surface area (Å²) in [5.41, 5.74) is 1.63. The van der Waals surface area contributed by atoms with Gasteiger partial charge in [-0.3, -0.25) is 14.5 Å². The Bertz CT molecular complexity index is 1250. The molecule has 0 saturated carbocycles. The highest BCUT2D eigenvalue weighted by Crippen LogP contribution is 2.30. The maximum atomic E-state index is 12.8. The lowest BCUT2D eigenvalue weighted by atomic mass is 10.1. The van der Waals surface area contributed by atoms with Crippen LogP contribution in [-0.2, 0) is 21.2 Å². The molecule has 4 rings (SSSR count). The molecule has 0 spiro atoms. The molecule has 0 bridgehead atoms. The zero-order chi connectivity index (χ0) is 22.0. The highest BCUT2D eigenvalue weighted by molar-refractivity contribution is 7.91. The average molecular weight is 461 g/mol. The molecule has 1 aromatic carbocycles. The van der Waals surface area contributed by atoms with E-state index in [1.54, 1.807) is 0 Å². The fraction of sp³-hybridized carbons (Fsp3) is 0.381. The number of benzene rings is 1. The van der Waals surface area contributed by atoms with E-state index in [1.807, 2.05) is 47.5 Å². The lowest BCUT2D eigenvalue weighted by Gasteiger charge is -2.20. The van der Waals surface area contributed by atoms with Crippen LogP contribution in [-0.4, -0.2) is 59.8 Å². The smallest absolute Gasteiger partial charge is 0.260 e. The number of hydrogen-bond donors (Lipinski definition) is 2. The second-order valence-corrected chi connectivity index (χ2v) is 10.8. The van der Waals surface area contributed by atoms with Crippen LogP contribution in [0.2, 0.25) is 0 Å². The summed E-state index contributed by atoms with van der Waals surface area (Å²) < 4.78 is 23.1. The van der Waals surface area contributed by atoms with E-state index < -0.39 is 9.84 Å². The van der Waals surface area contributed by atoms with E-state index in [4.69, 9.17) is 0 Å². The van der Waals surface area contributed by atoms with Gasteiger partial charge in [-0.15, -0.1) is 11.3 Å². The summed E-state index contributed by atoms with van der Waals surface area (Å²) in [6.45, 7) is 2.92. The Hall–Kier alpha value is -2.56. The van der Waals surface area contributed by atoms with E-state index in [0.29, 0.717) is 35.6 Å². The summed E-state index contributed by atoms with van der Waals surface area (Å²) >= 11 is 1.42. The van der Waals surface area contributed by atoms with Gasteiger partial charge in [0.05, 0.1) is 30.0 Å². The van der Waals surface area contributed by atoms with Crippen LogP contribution in [0.3, 0.4) is 0 Å². The third kappa shape index (κ3) is 5.03. The normalized spacial score (nSPS) is 17.9. The van der Waals surface area contributed by atoms with E-state index in [1.165, 1.54) is 11.3 Å². The van der Waals surface area contributed by atoms with Gasteiger partial charge in [0.1, 0.15) is 10.7 Å². The van der Waals surface area contributed by atoms with Crippen molar-refractivity contribution in [1.29, 1.82) is 0 Å². The van der Waals surface area contributed by atoms with Crippen molar-refractivity contribution in [3.63, 3.8) is 0 Å². The predicted molar refractivity (Wildman–Crippen MR) is 122 cm³/mol. The van der Waals surface area contributed by atoms with Crippen molar-refractivity contribution in [2.75, 3.05) is 24.6 Å². The molecule has 1 atom stereocenters. The lowest BCUT2D eigenvalue weighted by molar-refractivity contribution is -0.122. The summed E-state index contributed by atoms with van der Waals surface area (Å²) in [5, 5.41) is 5.31. The summed E-state index contributed by atoms with van der Waals surface area (Å²) in [4.78, 5) is 35.1. The molecule has 1 saturated heterocycles. The molecular weight excluding hydrogens is 436 g/mol. The van der Waals surface area contributed by atoms with Crippen LogP contribution >= 0.6 is 11.3 Å². The van der Waals surface area contributed by atoms with Crippen LogP contribution < -0.4 is 10.9 Å². The number of sulfone groups is 1. The van der Waals surface area contributed by atoms with E-state index in [0.717, 1.165) is 11.1 Å². The average Bonchev–Trinajstić information content (AvgIpc) is 3.31. The van der Waals surface area contributed by atoms with Crippen LogP contribution in [0.1, 0.15) is 19.2 Å². The first-order valence-corrected chi connectivity index (χ1v) is 12.8. The molecule has 3 aromatic rings. The molecule has 2 N–H and O–H groups in total. The second-order valence-electron chi connectivity index (χ2n) is 7.68. The second kappa shape index (κ2) is 8.89. The van der Waals surface area contributed by atoms with Gasteiger partial charge in [-0.05, 0) is 18.5 Å². The molecule has 1 aliphatic rings. The number of nitrogens with zero attached hydrogens (tertiary/aromatic N) is 2. The minimum Gasteiger partial charge on any atom is -0.351 e. The van der Waals surface area contributed by atoms with Crippen molar-refractivity contribution in [1.82, 2.24) is 20.2 Å². The highest BCUT2D eigenvalue weighted by atomic mass is 32.2. The zero-order valence-electron chi connectivity index (χ0n) is 17.1. The fourth-order valence-electron chi connectivity index (χ4n) is 3.78. The molecule has 0 radical (unpaired) electrons. The van der Waals surface area contributed by atoms with Crippen LogP contribution in [0.5, 0.6) is 0 Å². The van der Waals surface area contributed by atoms with E-state index >= 15 is 0 Å². The Morgan fingerprint density at radius 2 is 2.10 bits per heavy atom. The molecule has 0 aliphatic carbocycles. The van der Waals surface area contributed by atoms with Crippen LogP contribution in [0.15, 0.2) is 40.5 Å².